The van der Waals surface area contributed by atoms with Crippen molar-refractivity contribution in [1.82, 2.24) is 9.55 Å². The van der Waals surface area contributed by atoms with Crippen LogP contribution in [0.2, 0.25) is 0 Å². The van der Waals surface area contributed by atoms with E-state index in [2.05, 4.69) is 130 Å². The van der Waals surface area contributed by atoms with Crippen LogP contribution >= 0.6 is 0 Å². The molecule has 0 saturated carbocycles. The van der Waals surface area contributed by atoms with E-state index in [9.17, 15) is 0 Å². The van der Waals surface area contributed by atoms with Crippen molar-refractivity contribution in [3.05, 3.63) is 234 Å². The number of nitrogens with zero attached hydrogens (tertiary/aromatic N) is 4. The summed E-state index contributed by atoms with van der Waals surface area (Å²) in [4.78, 5) is 11.2. The molecule has 1 aromatic heterocycles. The van der Waals surface area contributed by atoms with E-state index in [0.29, 0.717) is 0 Å². The number of para-hydroxylation sites is 2. The number of anilines is 1. The van der Waals surface area contributed by atoms with E-state index < -0.39 is 0 Å². The molecule has 0 fully saturated rings. The second-order valence-corrected chi connectivity index (χ2v) is 14.4. The number of aliphatic imine (C=N–C) groups is 1. The van der Waals surface area contributed by atoms with Crippen LogP contribution < -0.4 is 4.90 Å². The van der Waals surface area contributed by atoms with Gasteiger partial charge in [0.25, 0.3) is 0 Å². The Balaban J connectivity index is 0.000000145. The third-order valence-electron chi connectivity index (χ3n) is 10.8. The number of benzene rings is 7. The minimum Gasteiger partial charge on any atom is -0.493 e. The zero-order valence-corrected chi connectivity index (χ0v) is 36.7. The molecule has 1 aliphatic heterocycles. The molecule has 298 valence electrons. The maximum atomic E-state index is 7.14. The summed E-state index contributed by atoms with van der Waals surface area (Å²) in [6.45, 7) is 0.768. The van der Waals surface area contributed by atoms with E-state index in [1.807, 2.05) is 89.6 Å². The van der Waals surface area contributed by atoms with Crippen molar-refractivity contribution in [1.29, 1.82) is 0 Å². The molecule has 0 spiro atoms. The normalized spacial score (nSPS) is 13.2. The summed E-state index contributed by atoms with van der Waals surface area (Å²) in [6.07, 6.45) is 24.6. The van der Waals surface area contributed by atoms with E-state index in [1.54, 1.807) is 0 Å². The maximum Gasteiger partial charge on any atom is 0.0699 e. The Kier molecular flexibility index (Phi) is 13.5. The van der Waals surface area contributed by atoms with Crippen molar-refractivity contribution >= 4 is 12.0 Å². The topological polar surface area (TPSA) is 33.4 Å². The van der Waals surface area contributed by atoms with Crippen LogP contribution in [0.4, 0.5) is 5.69 Å². The third-order valence-corrected chi connectivity index (χ3v) is 10.8. The van der Waals surface area contributed by atoms with Crippen LogP contribution in [-0.4, -0.2) is 22.4 Å². The molecule has 0 bridgehead atoms. The average Bonchev–Trinajstić information content (AvgIpc) is 4.12. The predicted molar refractivity (Wildman–Crippen MR) is 234 cm³/mol. The van der Waals surface area contributed by atoms with Crippen molar-refractivity contribution in [2.24, 2.45) is 4.99 Å². The van der Waals surface area contributed by atoms with Gasteiger partial charge in [0.15, 0.2) is 0 Å². The first-order valence-electron chi connectivity index (χ1n) is 19.3. The standard InChI is InChI=1S/C24H18N4.2C15H9.2Au/c1-3-9-19(10-4-1)27-15-23(25-17-27)21-13-7-8-14-22(21)24-16-28(18-26-24)20-11-5-2-6-12-20;2*1-2-11-7-8-13-10-12-5-3-4-6-14(12)15(13)9-11;;/h1-15,24H,16H2;2*3-9H,10H2;;/q-2;2*-1;;. The molecule has 8 aromatic rings. The molecule has 1 atom stereocenters. The van der Waals surface area contributed by atoms with Gasteiger partial charge in [-0.05, 0) is 79.9 Å². The van der Waals surface area contributed by atoms with Gasteiger partial charge >= 0.3 is 0 Å². The van der Waals surface area contributed by atoms with Crippen LogP contribution in [0.15, 0.2) is 181 Å². The molecule has 1 unspecified atom stereocenters. The largest absolute Gasteiger partial charge is 0.493 e. The zero-order chi connectivity index (χ0) is 39.3. The monoisotopic (exact) mass is 1130 g/mol. The molecule has 4 nitrogen and oxygen atoms in total. The minimum absolute atomic E-state index is 0. The number of imidazole rings is 1. The summed E-state index contributed by atoms with van der Waals surface area (Å²) < 4.78 is 1.92. The van der Waals surface area contributed by atoms with Crippen molar-refractivity contribution in [2.45, 2.75) is 18.9 Å². The summed E-state index contributed by atoms with van der Waals surface area (Å²) in [6, 6.07) is 57.8. The Labute approximate surface area is 384 Å². The van der Waals surface area contributed by atoms with Crippen LogP contribution in [0.25, 0.3) is 39.2 Å². The van der Waals surface area contributed by atoms with E-state index in [4.69, 9.17) is 12.8 Å². The minimum atomic E-state index is 0. The van der Waals surface area contributed by atoms with E-state index in [0.717, 1.165) is 58.7 Å². The van der Waals surface area contributed by atoms with Gasteiger partial charge in [-0.1, -0.05) is 146 Å². The Bertz CT molecular complexity index is 2760. The number of hydrogen-bond acceptors (Lipinski definition) is 3. The van der Waals surface area contributed by atoms with Gasteiger partial charge in [0, 0.05) is 57.6 Å². The number of rotatable bonds is 4. The Morgan fingerprint density at radius 2 is 1.00 bits per heavy atom. The summed E-state index contributed by atoms with van der Waals surface area (Å²) in [7, 11) is 0. The Morgan fingerprint density at radius 1 is 0.517 bits per heavy atom. The molecular formula is C54H36Au2N4-4. The van der Waals surface area contributed by atoms with Crippen LogP contribution in [0.1, 0.15) is 45.0 Å². The molecule has 6 heteroatoms. The first kappa shape index (κ1) is 42.0. The third kappa shape index (κ3) is 8.87. The molecule has 3 aliphatic rings. The molecule has 0 N–H and O–H groups in total. The average molecular weight is 1130 g/mol. The fourth-order valence-corrected chi connectivity index (χ4v) is 7.90. The van der Waals surface area contributed by atoms with Crippen molar-refractivity contribution in [2.75, 3.05) is 11.4 Å². The van der Waals surface area contributed by atoms with E-state index >= 15 is 0 Å². The molecule has 2 heterocycles. The van der Waals surface area contributed by atoms with E-state index in [-0.39, 0.29) is 50.8 Å². The van der Waals surface area contributed by atoms with Gasteiger partial charge in [0.1, 0.15) is 0 Å². The van der Waals surface area contributed by atoms with Gasteiger partial charge < -0.3 is 32.3 Å². The van der Waals surface area contributed by atoms with Gasteiger partial charge in [-0.3, -0.25) is 11.8 Å². The SMILES string of the molecule is [Au].[Au].[C-]#Cc1ccc2c(c1)-c1ccccc1C2.[C-]#Cc1ccc2c(c1)-c1ccccc1C2.[C-]1=NC(c2ccccc2-c2cn(-c3ccccc3)[c-]n2)CN1c1ccccc1. The van der Waals surface area contributed by atoms with Crippen LogP contribution in [0.5, 0.6) is 0 Å². The first-order valence-corrected chi connectivity index (χ1v) is 19.3. The molecule has 0 saturated heterocycles. The zero-order valence-electron chi connectivity index (χ0n) is 32.3. The second kappa shape index (κ2) is 19.3. The predicted octanol–water partition coefficient (Wildman–Crippen LogP) is 11.2. The maximum absolute atomic E-state index is 7.14. The first-order chi connectivity index (χ1) is 28.6. The fraction of sp³-hybridized carbons (Fsp3) is 0.0741. The van der Waals surface area contributed by atoms with Crippen molar-refractivity contribution < 1.29 is 44.8 Å². The Morgan fingerprint density at radius 3 is 1.57 bits per heavy atom. The molecule has 60 heavy (non-hydrogen) atoms. The van der Waals surface area contributed by atoms with Gasteiger partial charge in [0.05, 0.1) is 6.04 Å². The number of fused-ring (bicyclic) bond motifs is 6. The van der Waals surface area contributed by atoms with Crippen LogP contribution in [0, 0.1) is 31.0 Å². The molecule has 2 aliphatic carbocycles. The van der Waals surface area contributed by atoms with E-state index in [1.165, 1.54) is 44.5 Å². The quantitative estimate of drug-likeness (QED) is 0.1000. The Hall–Kier alpha value is -6.18. The van der Waals surface area contributed by atoms with Gasteiger partial charge in [0.2, 0.25) is 0 Å². The molecule has 7 aromatic carbocycles. The smallest absolute Gasteiger partial charge is 0.0699 e. The van der Waals surface area contributed by atoms with Gasteiger partial charge in [-0.2, -0.15) is 0 Å². The number of aromatic nitrogens is 2. The summed E-state index contributed by atoms with van der Waals surface area (Å²) >= 11 is 0. The van der Waals surface area contributed by atoms with Crippen LogP contribution in [-0.2, 0) is 57.6 Å². The summed E-state index contributed by atoms with van der Waals surface area (Å²) in [5.74, 6) is 4.87. The van der Waals surface area contributed by atoms with Crippen LogP contribution in [0.3, 0.4) is 0 Å². The van der Waals surface area contributed by atoms with Gasteiger partial charge in [-0.15, -0.1) is 53.2 Å². The summed E-state index contributed by atoms with van der Waals surface area (Å²) in [5.41, 5.74) is 17.6. The van der Waals surface area contributed by atoms with Crippen molar-refractivity contribution in [3.63, 3.8) is 0 Å². The molecular weight excluding hydrogens is 1100 g/mol. The molecule has 0 amide bonds. The summed E-state index contributed by atoms with van der Waals surface area (Å²) in [5, 5.41) is 0. The molecule has 2 radical (unpaired) electrons. The van der Waals surface area contributed by atoms with Crippen molar-refractivity contribution in [3.8, 4) is 51.0 Å². The van der Waals surface area contributed by atoms with Gasteiger partial charge in [-0.25, -0.2) is 0 Å². The molecule has 11 rings (SSSR count). The fourth-order valence-electron chi connectivity index (χ4n) is 7.90. The second-order valence-electron chi connectivity index (χ2n) is 14.4. The number of hydrogen-bond donors (Lipinski definition) is 0.